The Balaban J connectivity index is 3.10. The van der Waals surface area contributed by atoms with Gasteiger partial charge in [0.05, 0.1) is 4.90 Å². The average molecular weight is 331 g/mol. The summed E-state index contributed by atoms with van der Waals surface area (Å²) >= 11 is 1.74. The highest BCUT2D eigenvalue weighted by Gasteiger charge is 2.27. The highest BCUT2D eigenvalue weighted by molar-refractivity contribution is 7.98. The summed E-state index contributed by atoms with van der Waals surface area (Å²) in [6.45, 7) is 4.50. The molecule has 1 aromatic rings. The van der Waals surface area contributed by atoms with E-state index in [0.717, 1.165) is 23.3 Å². The molecule has 6 heteroatoms. The van der Waals surface area contributed by atoms with Crippen molar-refractivity contribution in [2.45, 2.75) is 37.8 Å². The van der Waals surface area contributed by atoms with Crippen LogP contribution in [0.5, 0.6) is 0 Å². The molecule has 1 rings (SSSR count). The zero-order chi connectivity index (χ0) is 16.0. The summed E-state index contributed by atoms with van der Waals surface area (Å²) in [5.74, 6) is 0.958. The van der Waals surface area contributed by atoms with Crippen molar-refractivity contribution in [1.29, 1.82) is 0 Å². The van der Waals surface area contributed by atoms with Gasteiger partial charge in [0.15, 0.2) is 0 Å². The van der Waals surface area contributed by atoms with Crippen LogP contribution in [-0.4, -0.2) is 44.9 Å². The third-order valence-electron chi connectivity index (χ3n) is 3.78. The zero-order valence-electron chi connectivity index (χ0n) is 13.5. The van der Waals surface area contributed by atoms with Gasteiger partial charge in [-0.05, 0) is 56.5 Å². The van der Waals surface area contributed by atoms with Crippen LogP contribution in [0.2, 0.25) is 0 Å². The molecular weight excluding hydrogens is 304 g/mol. The quantitative estimate of drug-likeness (QED) is 0.795. The summed E-state index contributed by atoms with van der Waals surface area (Å²) in [5, 5.41) is 3.07. The Bertz CT molecular complexity index is 559. The van der Waals surface area contributed by atoms with Crippen molar-refractivity contribution in [2.75, 3.05) is 26.1 Å². The van der Waals surface area contributed by atoms with Gasteiger partial charge in [-0.2, -0.15) is 16.1 Å². The number of sulfonamides is 1. The number of nitrogens with zero attached hydrogens (tertiary/aromatic N) is 1. The van der Waals surface area contributed by atoms with Crippen LogP contribution in [0.1, 0.15) is 24.5 Å². The van der Waals surface area contributed by atoms with Crippen LogP contribution < -0.4 is 5.32 Å². The van der Waals surface area contributed by atoms with Crippen molar-refractivity contribution in [3.8, 4) is 0 Å². The minimum atomic E-state index is -3.44. The van der Waals surface area contributed by atoms with E-state index in [1.54, 1.807) is 24.9 Å². The van der Waals surface area contributed by atoms with Crippen LogP contribution in [0.25, 0.3) is 0 Å². The molecule has 0 fully saturated rings. The average Bonchev–Trinajstić information content (AvgIpc) is 2.46. The van der Waals surface area contributed by atoms with Gasteiger partial charge >= 0.3 is 0 Å². The number of rotatable bonds is 8. The molecule has 21 heavy (non-hydrogen) atoms. The smallest absolute Gasteiger partial charge is 0.243 e. The van der Waals surface area contributed by atoms with E-state index in [1.807, 2.05) is 39.3 Å². The highest BCUT2D eigenvalue weighted by atomic mass is 32.2. The normalized spacial score (nSPS) is 13.6. The van der Waals surface area contributed by atoms with E-state index in [9.17, 15) is 8.42 Å². The monoisotopic (exact) mass is 330 g/mol. The number of hydrogen-bond acceptors (Lipinski definition) is 4. The second kappa shape index (κ2) is 8.17. The van der Waals surface area contributed by atoms with E-state index >= 15 is 0 Å². The Morgan fingerprint density at radius 3 is 2.62 bits per heavy atom. The predicted octanol–water partition coefficient (Wildman–Crippen LogP) is 2.48. The fraction of sp³-hybridized carbons (Fsp3) is 0.600. The Kier molecular flexibility index (Phi) is 7.20. The molecule has 0 saturated heterocycles. The maximum absolute atomic E-state index is 12.8. The van der Waals surface area contributed by atoms with Crippen molar-refractivity contribution in [1.82, 2.24) is 9.62 Å². The van der Waals surface area contributed by atoms with Crippen molar-refractivity contribution in [3.05, 3.63) is 29.3 Å². The van der Waals surface area contributed by atoms with E-state index < -0.39 is 10.0 Å². The molecule has 0 saturated carbocycles. The van der Waals surface area contributed by atoms with E-state index in [2.05, 4.69) is 5.32 Å². The van der Waals surface area contributed by atoms with Crippen molar-refractivity contribution in [2.24, 2.45) is 0 Å². The van der Waals surface area contributed by atoms with Gasteiger partial charge < -0.3 is 5.32 Å². The molecule has 0 radical (unpaired) electrons. The van der Waals surface area contributed by atoms with Crippen molar-refractivity contribution < 1.29 is 8.42 Å². The Morgan fingerprint density at radius 2 is 2.05 bits per heavy atom. The second-order valence-corrected chi connectivity index (χ2v) is 8.17. The van der Waals surface area contributed by atoms with Crippen molar-refractivity contribution >= 4 is 21.8 Å². The molecule has 1 unspecified atom stereocenters. The lowest BCUT2D eigenvalue weighted by molar-refractivity contribution is 0.382. The van der Waals surface area contributed by atoms with Crippen LogP contribution in [-0.2, 0) is 16.6 Å². The third-order valence-corrected chi connectivity index (χ3v) is 6.54. The molecule has 0 spiro atoms. The van der Waals surface area contributed by atoms with E-state index in [0.29, 0.717) is 11.4 Å². The van der Waals surface area contributed by atoms with Gasteiger partial charge in [0, 0.05) is 19.6 Å². The van der Waals surface area contributed by atoms with Crippen LogP contribution >= 0.6 is 11.8 Å². The highest BCUT2D eigenvalue weighted by Crippen LogP contribution is 2.24. The second-order valence-electron chi connectivity index (χ2n) is 5.22. The first-order valence-corrected chi connectivity index (χ1v) is 9.89. The van der Waals surface area contributed by atoms with Gasteiger partial charge in [0.25, 0.3) is 0 Å². The lowest BCUT2D eigenvalue weighted by atomic mass is 10.1. The topological polar surface area (TPSA) is 49.4 Å². The summed E-state index contributed by atoms with van der Waals surface area (Å²) in [7, 11) is 0.0857. The van der Waals surface area contributed by atoms with Gasteiger partial charge in [-0.25, -0.2) is 8.42 Å². The largest absolute Gasteiger partial charge is 0.316 e. The van der Waals surface area contributed by atoms with Crippen LogP contribution in [0.3, 0.4) is 0 Å². The molecule has 0 amide bonds. The molecule has 120 valence electrons. The maximum atomic E-state index is 12.8. The molecule has 1 atom stereocenters. The number of nitrogens with one attached hydrogen (secondary N) is 1. The molecule has 1 N–H and O–H groups in total. The van der Waals surface area contributed by atoms with Crippen molar-refractivity contribution in [3.63, 3.8) is 0 Å². The molecule has 0 aliphatic heterocycles. The molecule has 0 heterocycles. The molecule has 0 aliphatic carbocycles. The molecular formula is C15H26N2O2S2. The summed E-state index contributed by atoms with van der Waals surface area (Å²) in [6.07, 6.45) is 2.89. The molecule has 0 aromatic heterocycles. The first-order valence-electron chi connectivity index (χ1n) is 7.06. The van der Waals surface area contributed by atoms with Gasteiger partial charge in [-0.3, -0.25) is 0 Å². The molecule has 0 aliphatic rings. The fourth-order valence-corrected chi connectivity index (χ4v) is 4.42. The summed E-state index contributed by atoms with van der Waals surface area (Å²) in [4.78, 5) is 0.411. The molecule has 0 bridgehead atoms. The first-order chi connectivity index (χ1) is 9.86. The SMILES string of the molecule is CNCc1cccc(S(=O)(=O)N(C)C(C)CCSC)c1C. The number of thioether (sulfide) groups is 1. The zero-order valence-corrected chi connectivity index (χ0v) is 15.1. The summed E-state index contributed by atoms with van der Waals surface area (Å²) in [5.41, 5.74) is 1.85. The van der Waals surface area contributed by atoms with Gasteiger partial charge in [0.1, 0.15) is 0 Å². The number of benzene rings is 1. The fourth-order valence-electron chi connectivity index (χ4n) is 2.18. The minimum Gasteiger partial charge on any atom is -0.316 e. The molecule has 4 nitrogen and oxygen atoms in total. The van der Waals surface area contributed by atoms with Crippen LogP contribution in [0.4, 0.5) is 0 Å². The predicted molar refractivity (Wildman–Crippen MR) is 91.4 cm³/mol. The van der Waals surface area contributed by atoms with Gasteiger partial charge in [-0.15, -0.1) is 0 Å². The van der Waals surface area contributed by atoms with Crippen LogP contribution in [0.15, 0.2) is 23.1 Å². The summed E-state index contributed by atoms with van der Waals surface area (Å²) < 4.78 is 27.1. The minimum absolute atomic E-state index is 0.00481. The third kappa shape index (κ3) is 4.45. The van der Waals surface area contributed by atoms with E-state index in [-0.39, 0.29) is 6.04 Å². The number of hydrogen-bond donors (Lipinski definition) is 1. The molecule has 1 aromatic carbocycles. The lowest BCUT2D eigenvalue weighted by Gasteiger charge is -2.25. The van der Waals surface area contributed by atoms with Crippen LogP contribution in [0, 0.1) is 6.92 Å². The standard InChI is InChI=1S/C15H26N2O2S2/c1-12(9-10-20-5)17(4)21(18,19)15-8-6-7-14(11-16-3)13(15)2/h6-8,12,16H,9-11H2,1-5H3. The first kappa shape index (κ1) is 18.5. The Morgan fingerprint density at radius 1 is 1.38 bits per heavy atom. The van der Waals surface area contributed by atoms with E-state index in [4.69, 9.17) is 0 Å². The lowest BCUT2D eigenvalue weighted by Crippen LogP contribution is -2.36. The van der Waals surface area contributed by atoms with Gasteiger partial charge in [-0.1, -0.05) is 12.1 Å². The maximum Gasteiger partial charge on any atom is 0.243 e. The Hall–Kier alpha value is -0.560. The summed E-state index contributed by atoms with van der Waals surface area (Å²) in [6, 6.07) is 5.46. The van der Waals surface area contributed by atoms with E-state index in [1.165, 1.54) is 4.31 Å². The van der Waals surface area contributed by atoms with Gasteiger partial charge in [0.2, 0.25) is 10.0 Å². The Labute approximate surface area is 133 Å².